The first-order valence-corrected chi connectivity index (χ1v) is 11.1. The van der Waals surface area contributed by atoms with Gasteiger partial charge in [-0.1, -0.05) is 17.7 Å². The summed E-state index contributed by atoms with van der Waals surface area (Å²) in [7, 11) is 2.16. The molecule has 0 amide bonds. The number of rotatable bonds is 6. The zero-order chi connectivity index (χ0) is 21.3. The number of nitrogens with zero attached hydrogens (tertiary/aromatic N) is 4. The maximum Gasteiger partial charge on any atom is 0.336 e. The Labute approximate surface area is 184 Å². The zero-order valence-electron chi connectivity index (χ0n) is 16.9. The molecule has 1 aliphatic heterocycles. The number of piperazine rings is 1. The number of carboxylic acid groups (broad SMARTS) is 1. The molecule has 2 aromatic heterocycles. The summed E-state index contributed by atoms with van der Waals surface area (Å²) in [5.41, 5.74) is 0.888. The molecule has 0 aliphatic carbocycles. The van der Waals surface area contributed by atoms with Crippen molar-refractivity contribution in [2.75, 3.05) is 45.1 Å². The second-order valence-corrected chi connectivity index (χ2v) is 9.09. The Morgan fingerprint density at radius 2 is 2.23 bits per heavy atom. The van der Waals surface area contributed by atoms with Crippen LogP contribution in [0.5, 0.6) is 0 Å². The van der Waals surface area contributed by atoms with Crippen molar-refractivity contribution in [3.8, 4) is 10.6 Å². The highest BCUT2D eigenvalue weighted by molar-refractivity contribution is 7.22. The van der Waals surface area contributed by atoms with E-state index in [-0.39, 0.29) is 5.56 Å². The Bertz CT molecular complexity index is 1070. The van der Waals surface area contributed by atoms with Crippen LogP contribution < -0.4 is 5.32 Å². The van der Waals surface area contributed by atoms with Crippen LogP contribution in [0.1, 0.15) is 17.3 Å². The van der Waals surface area contributed by atoms with E-state index < -0.39 is 5.97 Å². The molecule has 1 fully saturated rings. The molecule has 0 saturated carbocycles. The third kappa shape index (κ3) is 4.41. The van der Waals surface area contributed by atoms with Crippen LogP contribution in [0.2, 0.25) is 5.02 Å². The van der Waals surface area contributed by atoms with Crippen LogP contribution in [0.15, 0.2) is 30.5 Å². The third-order valence-electron chi connectivity index (χ3n) is 5.42. The topological polar surface area (TPSA) is 81.6 Å². The fraction of sp³-hybridized carbons (Fsp3) is 0.381. The quantitative estimate of drug-likeness (QED) is 0.597. The van der Waals surface area contributed by atoms with E-state index in [0.29, 0.717) is 28.1 Å². The van der Waals surface area contributed by atoms with Crippen LogP contribution in [0.4, 0.5) is 5.95 Å². The summed E-state index contributed by atoms with van der Waals surface area (Å²) < 4.78 is 0.887. The maximum atomic E-state index is 11.5. The van der Waals surface area contributed by atoms with Gasteiger partial charge in [0.15, 0.2) is 0 Å². The van der Waals surface area contributed by atoms with Crippen LogP contribution >= 0.6 is 22.9 Å². The van der Waals surface area contributed by atoms with Crippen molar-refractivity contribution in [3.63, 3.8) is 0 Å². The molecule has 0 bridgehead atoms. The summed E-state index contributed by atoms with van der Waals surface area (Å²) >= 11 is 7.85. The van der Waals surface area contributed by atoms with Crippen molar-refractivity contribution in [2.24, 2.45) is 0 Å². The smallest absolute Gasteiger partial charge is 0.336 e. The van der Waals surface area contributed by atoms with Gasteiger partial charge in [0, 0.05) is 48.9 Å². The van der Waals surface area contributed by atoms with E-state index in [0.717, 1.165) is 42.3 Å². The van der Waals surface area contributed by atoms with Gasteiger partial charge in [-0.3, -0.25) is 4.90 Å². The number of benzene rings is 1. The van der Waals surface area contributed by atoms with E-state index in [1.54, 1.807) is 18.3 Å². The van der Waals surface area contributed by atoms with Gasteiger partial charge in [0.2, 0.25) is 5.95 Å². The minimum Gasteiger partial charge on any atom is -0.478 e. The van der Waals surface area contributed by atoms with Crippen molar-refractivity contribution in [3.05, 3.63) is 41.0 Å². The number of thiophene rings is 1. The fourth-order valence-electron chi connectivity index (χ4n) is 3.81. The van der Waals surface area contributed by atoms with Gasteiger partial charge in [-0.15, -0.1) is 11.3 Å². The molecule has 158 valence electrons. The van der Waals surface area contributed by atoms with Crippen molar-refractivity contribution in [1.82, 2.24) is 19.8 Å². The van der Waals surface area contributed by atoms with E-state index in [2.05, 4.69) is 39.1 Å². The molecule has 1 saturated heterocycles. The Morgan fingerprint density at radius 3 is 3.00 bits per heavy atom. The Morgan fingerprint density at radius 1 is 1.40 bits per heavy atom. The molecule has 1 aliphatic rings. The molecule has 3 aromatic rings. The lowest BCUT2D eigenvalue weighted by Gasteiger charge is -2.38. The molecule has 0 unspecified atom stereocenters. The molecule has 7 nitrogen and oxygen atoms in total. The SMILES string of the molecule is C[C@@H]1CN(C)CCN1CCNc1ncc(Cl)c(-c2cc3c(C(=O)O)cccc3s2)n1. The van der Waals surface area contributed by atoms with Gasteiger partial charge in [-0.05, 0) is 32.2 Å². The number of hydrogen-bond donors (Lipinski definition) is 2. The molecule has 3 heterocycles. The number of fused-ring (bicyclic) bond motifs is 1. The van der Waals surface area contributed by atoms with Gasteiger partial charge in [0.1, 0.15) is 5.69 Å². The highest BCUT2D eigenvalue weighted by atomic mass is 35.5. The minimum absolute atomic E-state index is 0.278. The summed E-state index contributed by atoms with van der Waals surface area (Å²) in [5, 5.41) is 13.9. The number of aromatic nitrogens is 2. The molecule has 2 N–H and O–H groups in total. The number of nitrogens with one attached hydrogen (secondary N) is 1. The van der Waals surface area contributed by atoms with Crippen LogP contribution in [-0.4, -0.2) is 76.7 Å². The third-order valence-corrected chi connectivity index (χ3v) is 6.80. The number of hydrogen-bond acceptors (Lipinski definition) is 7. The largest absolute Gasteiger partial charge is 0.478 e. The molecular weight excluding hydrogens is 422 g/mol. The van der Waals surface area contributed by atoms with E-state index in [1.807, 2.05) is 12.1 Å². The molecule has 1 atom stereocenters. The summed E-state index contributed by atoms with van der Waals surface area (Å²) in [6.45, 7) is 7.12. The zero-order valence-corrected chi connectivity index (χ0v) is 18.5. The lowest BCUT2D eigenvalue weighted by Crippen LogP contribution is -2.51. The molecule has 0 radical (unpaired) electrons. The van der Waals surface area contributed by atoms with Gasteiger partial charge < -0.3 is 15.3 Å². The number of likely N-dealkylation sites (N-methyl/N-ethyl adjacent to an activating group) is 1. The lowest BCUT2D eigenvalue weighted by atomic mass is 10.1. The highest BCUT2D eigenvalue weighted by Gasteiger charge is 2.21. The molecule has 9 heteroatoms. The van der Waals surface area contributed by atoms with E-state index in [1.165, 1.54) is 11.3 Å². The molecule has 4 rings (SSSR count). The Hall–Kier alpha value is -2.26. The maximum absolute atomic E-state index is 11.5. The van der Waals surface area contributed by atoms with Gasteiger partial charge in [0.05, 0.1) is 21.7 Å². The van der Waals surface area contributed by atoms with E-state index in [4.69, 9.17) is 11.6 Å². The van der Waals surface area contributed by atoms with Crippen LogP contribution in [-0.2, 0) is 0 Å². The Kier molecular flexibility index (Phi) is 6.19. The number of halogens is 1. The summed E-state index contributed by atoms with van der Waals surface area (Å²) in [6, 6.07) is 7.62. The summed E-state index contributed by atoms with van der Waals surface area (Å²) in [6.07, 6.45) is 1.59. The average Bonchev–Trinajstić information content (AvgIpc) is 3.14. The van der Waals surface area contributed by atoms with Gasteiger partial charge >= 0.3 is 5.97 Å². The molecule has 0 spiro atoms. The second kappa shape index (κ2) is 8.85. The number of carboxylic acids is 1. The van der Waals surface area contributed by atoms with Crippen LogP contribution in [0.3, 0.4) is 0 Å². The fourth-order valence-corrected chi connectivity index (χ4v) is 5.15. The first-order valence-electron chi connectivity index (χ1n) is 9.87. The highest BCUT2D eigenvalue weighted by Crippen LogP contribution is 2.37. The van der Waals surface area contributed by atoms with Crippen molar-refractivity contribution in [2.45, 2.75) is 13.0 Å². The predicted molar refractivity (Wildman–Crippen MR) is 122 cm³/mol. The second-order valence-electron chi connectivity index (χ2n) is 7.60. The Balaban J connectivity index is 1.50. The lowest BCUT2D eigenvalue weighted by molar-refractivity contribution is 0.0699. The monoisotopic (exact) mass is 445 g/mol. The molecule has 1 aromatic carbocycles. The van der Waals surface area contributed by atoms with E-state index in [9.17, 15) is 9.90 Å². The molecular formula is C21H24ClN5O2S. The van der Waals surface area contributed by atoms with Crippen LogP contribution in [0, 0.1) is 0 Å². The van der Waals surface area contributed by atoms with Gasteiger partial charge in [0.25, 0.3) is 0 Å². The number of carbonyl (C=O) groups is 1. The van der Waals surface area contributed by atoms with Crippen LogP contribution in [0.25, 0.3) is 20.7 Å². The van der Waals surface area contributed by atoms with Gasteiger partial charge in [-0.2, -0.15) is 0 Å². The number of aromatic carboxylic acids is 1. The normalized spacial score (nSPS) is 18.0. The van der Waals surface area contributed by atoms with Gasteiger partial charge in [-0.25, -0.2) is 14.8 Å². The standard InChI is InChI=1S/C21H24ClN5O2S/c1-13-12-26(2)8-9-27(13)7-6-23-21-24-11-16(22)19(25-21)18-10-15-14(20(28)29)4-3-5-17(15)30-18/h3-5,10-11,13H,6-9,12H2,1-2H3,(H,28,29)(H,23,24,25)/t13-/m1/s1. The summed E-state index contributed by atoms with van der Waals surface area (Å²) in [4.78, 5) is 26.1. The minimum atomic E-state index is -0.945. The predicted octanol–water partition coefficient (Wildman–Crippen LogP) is 3.76. The summed E-state index contributed by atoms with van der Waals surface area (Å²) in [5.74, 6) is -0.425. The first kappa shape index (κ1) is 21.0. The number of anilines is 1. The molecule has 30 heavy (non-hydrogen) atoms. The average molecular weight is 446 g/mol. The van der Waals surface area contributed by atoms with Crippen molar-refractivity contribution >= 4 is 44.9 Å². The van der Waals surface area contributed by atoms with E-state index >= 15 is 0 Å². The van der Waals surface area contributed by atoms with Crippen molar-refractivity contribution in [1.29, 1.82) is 0 Å². The van der Waals surface area contributed by atoms with Crippen molar-refractivity contribution < 1.29 is 9.90 Å². The first-order chi connectivity index (χ1) is 14.4.